The van der Waals surface area contributed by atoms with Gasteiger partial charge in [-0.2, -0.15) is 0 Å². The van der Waals surface area contributed by atoms with Crippen LogP contribution < -0.4 is 5.32 Å². The first kappa shape index (κ1) is 26.5. The minimum absolute atomic E-state index is 0. The molecule has 0 bridgehead atoms. The number of morpholine rings is 1. The molecule has 1 fully saturated rings. The van der Waals surface area contributed by atoms with Crippen molar-refractivity contribution in [1.82, 2.24) is 20.1 Å². The van der Waals surface area contributed by atoms with Gasteiger partial charge in [0.25, 0.3) is 5.91 Å². The van der Waals surface area contributed by atoms with Crippen LogP contribution in [0.15, 0.2) is 34.6 Å². The van der Waals surface area contributed by atoms with E-state index in [1.807, 2.05) is 57.0 Å². The van der Waals surface area contributed by atoms with E-state index in [9.17, 15) is 4.79 Å². The number of carbonyl (C=O) groups excluding carboxylic acids is 1. The van der Waals surface area contributed by atoms with E-state index in [0.717, 1.165) is 28.8 Å². The van der Waals surface area contributed by atoms with E-state index in [0.29, 0.717) is 31.7 Å². The molecule has 2 atom stereocenters. The van der Waals surface area contributed by atoms with E-state index in [4.69, 9.17) is 9.73 Å². The Kier molecular flexibility index (Phi) is 10.4. The number of aromatic nitrogens is 1. The van der Waals surface area contributed by atoms with Crippen molar-refractivity contribution >= 4 is 47.2 Å². The van der Waals surface area contributed by atoms with Crippen LogP contribution in [0.2, 0.25) is 0 Å². The fourth-order valence-corrected chi connectivity index (χ4v) is 4.32. The molecule has 1 aliphatic heterocycles. The number of aryl methyl sites for hydroxylation is 1. The van der Waals surface area contributed by atoms with Crippen LogP contribution in [0.3, 0.4) is 0 Å². The summed E-state index contributed by atoms with van der Waals surface area (Å²) in [7, 11) is 2.02. The predicted octanol–water partition coefficient (Wildman–Crippen LogP) is 3.92. The standard InChI is InChI=1S/C23H33N5O2S.HI/c1-6-24-23(27(5)14-21-15-31-18(4)26-21)25-11-19-7-9-20(10-8-19)22(29)28-12-16(2)30-17(3)13-28;/h7-10,15-17H,6,11-14H2,1-5H3,(H,24,25);1H. The van der Waals surface area contributed by atoms with Crippen molar-refractivity contribution in [3.8, 4) is 0 Å². The molecule has 2 unspecified atom stereocenters. The second-order valence-electron chi connectivity index (χ2n) is 8.05. The zero-order valence-corrected chi connectivity index (χ0v) is 22.6. The van der Waals surface area contributed by atoms with Crippen LogP contribution in [0, 0.1) is 6.92 Å². The molecule has 0 saturated carbocycles. The Morgan fingerprint density at radius 1 is 1.28 bits per heavy atom. The Bertz CT molecular complexity index is 892. The quantitative estimate of drug-likeness (QED) is 0.324. The van der Waals surface area contributed by atoms with Gasteiger partial charge in [0.05, 0.1) is 36.0 Å². The van der Waals surface area contributed by atoms with Gasteiger partial charge in [-0.3, -0.25) is 4.79 Å². The minimum Gasteiger partial charge on any atom is -0.372 e. The Labute approximate surface area is 212 Å². The molecule has 0 radical (unpaired) electrons. The molecule has 32 heavy (non-hydrogen) atoms. The molecule has 1 aliphatic rings. The van der Waals surface area contributed by atoms with Crippen molar-refractivity contribution in [2.75, 3.05) is 26.7 Å². The van der Waals surface area contributed by atoms with Gasteiger partial charge in [-0.15, -0.1) is 35.3 Å². The van der Waals surface area contributed by atoms with Gasteiger partial charge >= 0.3 is 0 Å². The number of nitrogens with zero attached hydrogens (tertiary/aromatic N) is 4. The van der Waals surface area contributed by atoms with Crippen LogP contribution >= 0.6 is 35.3 Å². The molecule has 1 aromatic heterocycles. The molecular formula is C23H34IN5O2S. The van der Waals surface area contributed by atoms with Crippen LogP contribution in [-0.2, 0) is 17.8 Å². The summed E-state index contributed by atoms with van der Waals surface area (Å²) in [6, 6.07) is 7.76. The third kappa shape index (κ3) is 7.41. The molecule has 1 aromatic carbocycles. The Morgan fingerprint density at radius 2 is 1.94 bits per heavy atom. The van der Waals surface area contributed by atoms with Gasteiger partial charge in [-0.05, 0) is 45.4 Å². The number of thiazole rings is 1. The highest BCUT2D eigenvalue weighted by molar-refractivity contribution is 14.0. The number of hydrogen-bond donors (Lipinski definition) is 1. The van der Waals surface area contributed by atoms with Crippen LogP contribution in [0.25, 0.3) is 0 Å². The lowest BCUT2D eigenvalue weighted by atomic mass is 10.1. The predicted molar refractivity (Wildman–Crippen MR) is 141 cm³/mol. The molecule has 0 spiro atoms. The number of carbonyl (C=O) groups is 1. The Morgan fingerprint density at radius 3 is 2.50 bits per heavy atom. The Balaban J connectivity index is 0.00000363. The lowest BCUT2D eigenvalue weighted by Crippen LogP contribution is -2.48. The van der Waals surface area contributed by atoms with Crippen molar-refractivity contribution in [2.45, 2.75) is 53.0 Å². The smallest absolute Gasteiger partial charge is 0.254 e. The highest BCUT2D eigenvalue weighted by atomic mass is 127. The van der Waals surface area contributed by atoms with E-state index in [2.05, 4.69) is 27.5 Å². The summed E-state index contributed by atoms with van der Waals surface area (Å²) in [4.78, 5) is 26.1. The first-order valence-corrected chi connectivity index (χ1v) is 11.7. The SMILES string of the molecule is CCNC(=NCc1ccc(C(=O)N2CC(C)OC(C)C2)cc1)N(C)Cc1csc(C)n1.I. The maximum atomic E-state index is 12.8. The molecular weight excluding hydrogens is 537 g/mol. The van der Waals surface area contributed by atoms with Gasteiger partial charge in [0.15, 0.2) is 5.96 Å². The lowest BCUT2D eigenvalue weighted by Gasteiger charge is -2.35. The summed E-state index contributed by atoms with van der Waals surface area (Å²) in [5.41, 5.74) is 2.82. The van der Waals surface area contributed by atoms with Gasteiger partial charge in [0.1, 0.15) is 0 Å². The highest BCUT2D eigenvalue weighted by Crippen LogP contribution is 2.15. The maximum Gasteiger partial charge on any atom is 0.254 e. The average molecular weight is 572 g/mol. The summed E-state index contributed by atoms with van der Waals surface area (Å²) >= 11 is 1.66. The summed E-state index contributed by atoms with van der Waals surface area (Å²) in [5.74, 6) is 0.897. The van der Waals surface area contributed by atoms with Crippen molar-refractivity contribution in [2.24, 2.45) is 4.99 Å². The molecule has 0 aliphatic carbocycles. The first-order valence-electron chi connectivity index (χ1n) is 10.8. The van der Waals surface area contributed by atoms with Gasteiger partial charge in [0, 0.05) is 37.6 Å². The fraction of sp³-hybridized carbons (Fsp3) is 0.522. The van der Waals surface area contributed by atoms with E-state index >= 15 is 0 Å². The molecule has 1 saturated heterocycles. The molecule has 1 N–H and O–H groups in total. The van der Waals surface area contributed by atoms with Crippen molar-refractivity contribution in [3.63, 3.8) is 0 Å². The number of halogens is 1. The molecule has 7 nitrogen and oxygen atoms in total. The van der Waals surface area contributed by atoms with E-state index in [1.165, 1.54) is 0 Å². The van der Waals surface area contributed by atoms with Crippen LogP contribution in [-0.4, -0.2) is 65.5 Å². The van der Waals surface area contributed by atoms with Crippen molar-refractivity contribution in [3.05, 3.63) is 51.5 Å². The zero-order valence-electron chi connectivity index (χ0n) is 19.5. The number of rotatable bonds is 6. The van der Waals surface area contributed by atoms with Crippen LogP contribution in [0.4, 0.5) is 0 Å². The third-order valence-electron chi connectivity index (χ3n) is 5.08. The first-order chi connectivity index (χ1) is 14.9. The highest BCUT2D eigenvalue weighted by Gasteiger charge is 2.26. The average Bonchev–Trinajstić information content (AvgIpc) is 3.14. The number of guanidine groups is 1. The minimum atomic E-state index is 0. The van der Waals surface area contributed by atoms with Crippen LogP contribution in [0.1, 0.15) is 47.4 Å². The number of benzene rings is 1. The summed E-state index contributed by atoms with van der Waals surface area (Å²) in [5, 5.41) is 6.49. The van der Waals surface area contributed by atoms with Gasteiger partial charge in [-0.1, -0.05) is 12.1 Å². The third-order valence-corrected chi connectivity index (χ3v) is 5.90. The van der Waals surface area contributed by atoms with E-state index in [1.54, 1.807) is 11.3 Å². The largest absolute Gasteiger partial charge is 0.372 e. The zero-order chi connectivity index (χ0) is 22.4. The fourth-order valence-electron chi connectivity index (χ4n) is 3.71. The molecule has 176 valence electrons. The molecule has 1 amide bonds. The number of nitrogens with one attached hydrogen (secondary N) is 1. The monoisotopic (exact) mass is 571 g/mol. The van der Waals surface area contributed by atoms with Gasteiger partial charge < -0.3 is 19.9 Å². The molecule has 9 heteroatoms. The van der Waals surface area contributed by atoms with Crippen molar-refractivity contribution in [1.29, 1.82) is 0 Å². The molecule has 2 heterocycles. The Hall–Kier alpha value is -1.72. The number of hydrogen-bond acceptors (Lipinski definition) is 5. The second-order valence-corrected chi connectivity index (χ2v) is 9.11. The summed E-state index contributed by atoms with van der Waals surface area (Å²) in [6.07, 6.45) is 0.131. The van der Waals surface area contributed by atoms with Crippen molar-refractivity contribution < 1.29 is 9.53 Å². The van der Waals surface area contributed by atoms with Crippen LogP contribution in [0.5, 0.6) is 0 Å². The maximum absolute atomic E-state index is 12.8. The molecule has 2 aromatic rings. The summed E-state index contributed by atoms with van der Waals surface area (Å²) in [6.45, 7) is 11.4. The molecule has 3 rings (SSSR count). The van der Waals surface area contributed by atoms with Gasteiger partial charge in [-0.25, -0.2) is 9.98 Å². The number of aliphatic imine (C=N–C) groups is 1. The second kappa shape index (κ2) is 12.5. The van der Waals surface area contributed by atoms with Gasteiger partial charge in [0.2, 0.25) is 0 Å². The topological polar surface area (TPSA) is 70.1 Å². The lowest BCUT2D eigenvalue weighted by molar-refractivity contribution is -0.0586. The number of ether oxygens (including phenoxy) is 1. The number of amides is 1. The van der Waals surface area contributed by atoms with E-state index in [-0.39, 0.29) is 42.1 Å². The normalized spacial score (nSPS) is 18.8. The summed E-state index contributed by atoms with van der Waals surface area (Å²) < 4.78 is 5.73. The van der Waals surface area contributed by atoms with E-state index < -0.39 is 0 Å².